The molecular formula is C28H35NO8S. The molecule has 206 valence electrons. The highest BCUT2D eigenvalue weighted by atomic mass is 32.2. The third-order valence-electron chi connectivity index (χ3n) is 6.52. The lowest BCUT2D eigenvalue weighted by Gasteiger charge is -2.45. The van der Waals surface area contributed by atoms with Gasteiger partial charge in [0.2, 0.25) is 10.0 Å². The molecule has 2 fully saturated rings. The number of carbonyl (C=O) groups is 2. The minimum absolute atomic E-state index is 0.0440. The van der Waals surface area contributed by atoms with E-state index in [2.05, 4.69) is 4.72 Å². The number of hydrogen-bond donors (Lipinski definition) is 1. The molecule has 4 rings (SSSR count). The highest BCUT2D eigenvalue weighted by Gasteiger charge is 2.46. The smallest absolute Gasteiger partial charge is 0.324 e. The van der Waals surface area contributed by atoms with E-state index in [1.165, 1.54) is 0 Å². The predicted octanol–water partition coefficient (Wildman–Crippen LogP) is 2.92. The van der Waals surface area contributed by atoms with Gasteiger partial charge in [0.05, 0.1) is 38.1 Å². The van der Waals surface area contributed by atoms with E-state index in [0.29, 0.717) is 19.4 Å². The molecule has 9 nitrogen and oxygen atoms in total. The van der Waals surface area contributed by atoms with Crippen molar-refractivity contribution in [3.63, 3.8) is 0 Å². The summed E-state index contributed by atoms with van der Waals surface area (Å²) in [6.45, 7) is 0.626. The minimum atomic E-state index is -3.64. The Bertz CT molecular complexity index is 1170. The van der Waals surface area contributed by atoms with Crippen LogP contribution in [0.15, 0.2) is 60.7 Å². The number of Topliss-reactive ketones (excluding diaryl/α,β-unsaturated/α-hetero) is 1. The molecule has 2 aromatic rings. The van der Waals surface area contributed by atoms with Gasteiger partial charge in [0.1, 0.15) is 18.4 Å². The summed E-state index contributed by atoms with van der Waals surface area (Å²) in [5.74, 6) is -1.71. The first-order chi connectivity index (χ1) is 18.2. The van der Waals surface area contributed by atoms with Gasteiger partial charge in [-0.1, -0.05) is 60.7 Å². The van der Waals surface area contributed by atoms with Gasteiger partial charge >= 0.3 is 5.97 Å². The van der Waals surface area contributed by atoms with Crippen LogP contribution in [-0.4, -0.2) is 63.7 Å². The number of benzene rings is 2. The van der Waals surface area contributed by atoms with E-state index in [-0.39, 0.29) is 38.3 Å². The van der Waals surface area contributed by atoms with Gasteiger partial charge in [-0.05, 0) is 30.4 Å². The summed E-state index contributed by atoms with van der Waals surface area (Å²) in [5, 5.41) is 0. The summed E-state index contributed by atoms with van der Waals surface area (Å²) in [4.78, 5) is 25.5. The maximum Gasteiger partial charge on any atom is 0.324 e. The van der Waals surface area contributed by atoms with Gasteiger partial charge in [-0.25, -0.2) is 13.1 Å². The molecule has 0 aliphatic carbocycles. The highest BCUT2D eigenvalue weighted by molar-refractivity contribution is 7.88. The van der Waals surface area contributed by atoms with Crippen LogP contribution in [0.5, 0.6) is 0 Å². The van der Waals surface area contributed by atoms with Crippen LogP contribution in [0, 0.1) is 0 Å². The maximum absolute atomic E-state index is 12.9. The van der Waals surface area contributed by atoms with Gasteiger partial charge in [-0.15, -0.1) is 0 Å². The van der Waals surface area contributed by atoms with Crippen LogP contribution in [0.3, 0.4) is 0 Å². The van der Waals surface area contributed by atoms with Crippen LogP contribution >= 0.6 is 0 Å². The zero-order chi connectivity index (χ0) is 27.0. The van der Waals surface area contributed by atoms with Crippen LogP contribution in [0.2, 0.25) is 0 Å². The lowest BCUT2D eigenvalue weighted by molar-refractivity contribution is -0.313. The van der Waals surface area contributed by atoms with E-state index in [1.54, 1.807) is 0 Å². The molecule has 4 atom stereocenters. The van der Waals surface area contributed by atoms with Crippen molar-refractivity contribution in [2.45, 2.75) is 69.2 Å². The predicted molar refractivity (Wildman–Crippen MR) is 140 cm³/mol. The number of rotatable bonds is 11. The summed E-state index contributed by atoms with van der Waals surface area (Å²) in [7, 11) is -3.64. The van der Waals surface area contributed by atoms with E-state index in [4.69, 9.17) is 18.9 Å². The van der Waals surface area contributed by atoms with Crippen molar-refractivity contribution >= 4 is 21.8 Å². The highest BCUT2D eigenvalue weighted by Crippen LogP contribution is 2.38. The quantitative estimate of drug-likeness (QED) is 0.429. The van der Waals surface area contributed by atoms with Gasteiger partial charge < -0.3 is 18.9 Å². The van der Waals surface area contributed by atoms with E-state index in [0.717, 1.165) is 23.8 Å². The third kappa shape index (κ3) is 8.71. The van der Waals surface area contributed by atoms with Crippen molar-refractivity contribution in [2.75, 3.05) is 19.5 Å². The Morgan fingerprint density at radius 2 is 1.68 bits per heavy atom. The largest absolute Gasteiger partial charge is 0.462 e. The first kappa shape index (κ1) is 28.4. The standard InChI is InChI=1S/C28H35NO8S/c1-38(32,33)29-26(15-21-9-4-2-5-10-21)27(31)35-20-24-13-8-14-28(36-24)17-23(30)16-25(37-28)19-34-18-22-11-6-3-7-12-22/h2-7,9-12,24-26,29H,8,13-20H2,1H3/t24-,25-,26-,28-/m0/s1. The number of hydrogen-bond acceptors (Lipinski definition) is 8. The molecule has 0 saturated carbocycles. The molecule has 1 N–H and O–H groups in total. The second kappa shape index (κ2) is 12.9. The van der Waals surface area contributed by atoms with Crippen molar-refractivity contribution in [1.82, 2.24) is 4.72 Å². The molecule has 2 aromatic carbocycles. The van der Waals surface area contributed by atoms with Gasteiger partial charge in [-0.2, -0.15) is 0 Å². The maximum atomic E-state index is 12.9. The second-order valence-electron chi connectivity index (χ2n) is 9.97. The molecule has 2 aliphatic rings. The van der Waals surface area contributed by atoms with Crippen molar-refractivity contribution in [1.29, 1.82) is 0 Å². The number of sulfonamides is 1. The molecular weight excluding hydrogens is 510 g/mol. The molecule has 2 saturated heterocycles. The van der Waals surface area contributed by atoms with E-state index >= 15 is 0 Å². The normalized spacial score (nSPS) is 24.7. The first-order valence-electron chi connectivity index (χ1n) is 12.9. The zero-order valence-corrected chi connectivity index (χ0v) is 22.4. The SMILES string of the molecule is CS(=O)(=O)N[C@@H](Cc1ccccc1)C(=O)OC[C@@H]1CCC[C@]2(CC(=O)C[C@@H](COCc3ccccc3)O2)O1. The van der Waals surface area contributed by atoms with E-state index in [9.17, 15) is 18.0 Å². The molecule has 0 amide bonds. The van der Waals surface area contributed by atoms with Crippen LogP contribution < -0.4 is 4.72 Å². The lowest BCUT2D eigenvalue weighted by Crippen LogP contribution is -2.52. The number of ether oxygens (including phenoxy) is 4. The van der Waals surface area contributed by atoms with Crippen molar-refractivity contribution in [2.24, 2.45) is 0 Å². The summed E-state index contributed by atoms with van der Waals surface area (Å²) in [6, 6.07) is 17.8. The van der Waals surface area contributed by atoms with E-state index in [1.807, 2.05) is 60.7 Å². The summed E-state index contributed by atoms with van der Waals surface area (Å²) in [6.07, 6.45) is 2.60. The van der Waals surface area contributed by atoms with Crippen LogP contribution in [0.4, 0.5) is 0 Å². The Morgan fingerprint density at radius 1 is 1.03 bits per heavy atom. The summed E-state index contributed by atoms with van der Waals surface area (Å²) in [5.41, 5.74) is 1.84. The average Bonchev–Trinajstić information content (AvgIpc) is 2.87. The third-order valence-corrected chi connectivity index (χ3v) is 7.23. The topological polar surface area (TPSA) is 117 Å². The zero-order valence-electron chi connectivity index (χ0n) is 21.5. The number of esters is 1. The first-order valence-corrected chi connectivity index (χ1v) is 14.8. The molecule has 0 radical (unpaired) electrons. The van der Waals surface area contributed by atoms with Crippen LogP contribution in [-0.2, 0) is 51.6 Å². The van der Waals surface area contributed by atoms with Gasteiger partial charge in [0.15, 0.2) is 5.79 Å². The minimum Gasteiger partial charge on any atom is -0.462 e. The fraction of sp³-hybridized carbons (Fsp3) is 0.500. The molecule has 2 aliphatic heterocycles. The summed E-state index contributed by atoms with van der Waals surface area (Å²) < 4.78 is 49.9. The lowest BCUT2D eigenvalue weighted by atomic mass is 9.92. The van der Waals surface area contributed by atoms with Gasteiger partial charge in [0.25, 0.3) is 0 Å². The van der Waals surface area contributed by atoms with Crippen molar-refractivity contribution < 1.29 is 37.0 Å². The monoisotopic (exact) mass is 545 g/mol. The Morgan fingerprint density at radius 3 is 2.37 bits per heavy atom. The van der Waals surface area contributed by atoms with Crippen LogP contribution in [0.25, 0.3) is 0 Å². The number of nitrogens with one attached hydrogen (secondary N) is 1. The fourth-order valence-corrected chi connectivity index (χ4v) is 5.60. The van der Waals surface area contributed by atoms with E-state index < -0.39 is 40.0 Å². The molecule has 0 bridgehead atoms. The molecule has 0 unspecified atom stereocenters. The number of ketones is 1. The van der Waals surface area contributed by atoms with Crippen LogP contribution in [0.1, 0.15) is 43.2 Å². The molecule has 10 heteroatoms. The van der Waals surface area contributed by atoms with Gasteiger partial charge in [0, 0.05) is 12.8 Å². The summed E-state index contributed by atoms with van der Waals surface area (Å²) >= 11 is 0. The second-order valence-corrected chi connectivity index (χ2v) is 11.7. The van der Waals surface area contributed by atoms with Gasteiger partial charge in [-0.3, -0.25) is 9.59 Å². The molecule has 0 aromatic heterocycles. The Labute approximate surface area is 223 Å². The average molecular weight is 546 g/mol. The number of carbonyl (C=O) groups excluding carboxylic acids is 2. The fourth-order valence-electron chi connectivity index (χ4n) is 4.90. The molecule has 1 spiro atoms. The Kier molecular flexibility index (Phi) is 9.67. The van der Waals surface area contributed by atoms with Crippen molar-refractivity contribution in [3.05, 3.63) is 71.8 Å². The Balaban J connectivity index is 1.31. The molecule has 38 heavy (non-hydrogen) atoms. The molecule has 2 heterocycles. The Hall–Kier alpha value is -2.63. The van der Waals surface area contributed by atoms with Crippen molar-refractivity contribution in [3.8, 4) is 0 Å².